The van der Waals surface area contributed by atoms with Crippen molar-refractivity contribution in [1.82, 2.24) is 0 Å². The second-order valence-corrected chi connectivity index (χ2v) is 6.93. The molecule has 0 aliphatic heterocycles. The van der Waals surface area contributed by atoms with Crippen LogP contribution in [0.2, 0.25) is 0 Å². The minimum atomic E-state index is 0.567. The average molecular weight is 280 g/mol. The van der Waals surface area contributed by atoms with Gasteiger partial charge in [0.05, 0.1) is 0 Å². The molecule has 0 spiro atoms. The quantitative estimate of drug-likeness (QED) is 0.583. The Morgan fingerprint density at radius 3 is 1.52 bits per heavy atom. The topological polar surface area (TPSA) is 0 Å². The van der Waals surface area contributed by atoms with Gasteiger partial charge in [-0.3, -0.25) is 0 Å². The van der Waals surface area contributed by atoms with Crippen LogP contribution in [0, 0.1) is 0 Å². The van der Waals surface area contributed by atoms with Crippen molar-refractivity contribution in [2.75, 3.05) is 0 Å². The first-order valence-corrected chi connectivity index (χ1v) is 8.14. The van der Waals surface area contributed by atoms with Crippen molar-refractivity contribution in [2.45, 2.75) is 59.3 Å². The van der Waals surface area contributed by atoms with E-state index in [1.165, 1.54) is 27.8 Å². The molecule has 0 bridgehead atoms. The molecular weight excluding hydrogens is 252 g/mol. The lowest BCUT2D eigenvalue weighted by molar-refractivity contribution is 0.790. The summed E-state index contributed by atoms with van der Waals surface area (Å²) in [4.78, 5) is 0. The molecule has 0 amide bonds. The molecule has 0 heteroatoms. The van der Waals surface area contributed by atoms with Crippen molar-refractivity contribution in [3.8, 4) is 11.1 Å². The van der Waals surface area contributed by atoms with Crippen LogP contribution in [0.5, 0.6) is 0 Å². The van der Waals surface area contributed by atoms with Gasteiger partial charge in [0.2, 0.25) is 0 Å². The molecular formula is C21H28. The maximum Gasteiger partial charge on any atom is -0.0181 e. The van der Waals surface area contributed by atoms with E-state index in [1.807, 2.05) is 0 Å². The summed E-state index contributed by atoms with van der Waals surface area (Å²) in [7, 11) is 0. The zero-order valence-electron chi connectivity index (χ0n) is 14.3. The fraction of sp³-hybridized carbons (Fsp3) is 0.429. The molecule has 2 aromatic rings. The molecule has 21 heavy (non-hydrogen) atoms. The lowest BCUT2D eigenvalue weighted by atomic mass is 9.87. The van der Waals surface area contributed by atoms with E-state index in [1.54, 1.807) is 0 Å². The fourth-order valence-electron chi connectivity index (χ4n) is 2.84. The Hall–Kier alpha value is -1.56. The van der Waals surface area contributed by atoms with Gasteiger partial charge in [-0.1, -0.05) is 84.0 Å². The Kier molecular flexibility index (Phi) is 4.88. The number of rotatable bonds is 4. The van der Waals surface area contributed by atoms with Crippen LogP contribution in [0.15, 0.2) is 42.5 Å². The highest BCUT2D eigenvalue weighted by Crippen LogP contribution is 2.31. The largest absolute Gasteiger partial charge is 0.0587 e. The fourth-order valence-corrected chi connectivity index (χ4v) is 2.84. The second kappa shape index (κ2) is 6.47. The minimum Gasteiger partial charge on any atom is -0.0587 e. The summed E-state index contributed by atoms with van der Waals surface area (Å²) in [6.07, 6.45) is 0. The molecule has 112 valence electrons. The molecule has 0 nitrogen and oxygen atoms in total. The summed E-state index contributed by atoms with van der Waals surface area (Å²) in [6.45, 7) is 13.6. The molecule has 0 atom stereocenters. The van der Waals surface area contributed by atoms with Crippen LogP contribution in [0.25, 0.3) is 11.1 Å². The van der Waals surface area contributed by atoms with Gasteiger partial charge >= 0.3 is 0 Å². The number of benzene rings is 2. The maximum absolute atomic E-state index is 2.38. The molecule has 0 heterocycles. The van der Waals surface area contributed by atoms with Gasteiger partial charge < -0.3 is 0 Å². The van der Waals surface area contributed by atoms with Gasteiger partial charge in [0.1, 0.15) is 0 Å². The lowest BCUT2D eigenvalue weighted by Crippen LogP contribution is -1.99. The van der Waals surface area contributed by atoms with Crippen molar-refractivity contribution >= 4 is 0 Å². The van der Waals surface area contributed by atoms with E-state index in [2.05, 4.69) is 84.0 Å². The van der Waals surface area contributed by atoms with Gasteiger partial charge in [0.25, 0.3) is 0 Å². The summed E-state index contributed by atoms with van der Waals surface area (Å²) in [5, 5.41) is 0. The minimum absolute atomic E-state index is 0.567. The summed E-state index contributed by atoms with van der Waals surface area (Å²) in [5.74, 6) is 1.74. The second-order valence-electron chi connectivity index (χ2n) is 6.93. The summed E-state index contributed by atoms with van der Waals surface area (Å²) < 4.78 is 0. The Morgan fingerprint density at radius 2 is 1.05 bits per heavy atom. The lowest BCUT2D eigenvalue weighted by Gasteiger charge is -2.17. The first-order valence-electron chi connectivity index (χ1n) is 8.14. The predicted molar refractivity (Wildman–Crippen MR) is 94.1 cm³/mol. The zero-order valence-corrected chi connectivity index (χ0v) is 14.3. The SMILES string of the molecule is CC(C)c1ccc(-c2ccc(C(C)C)c(C(C)C)c2)cc1. The molecule has 0 fully saturated rings. The monoisotopic (exact) mass is 280 g/mol. The van der Waals surface area contributed by atoms with Crippen LogP contribution < -0.4 is 0 Å². The first-order chi connectivity index (χ1) is 9.90. The Bertz CT molecular complexity index is 586. The van der Waals surface area contributed by atoms with E-state index >= 15 is 0 Å². The summed E-state index contributed by atoms with van der Waals surface area (Å²) in [6, 6.07) is 16.0. The third-order valence-corrected chi connectivity index (χ3v) is 4.24. The van der Waals surface area contributed by atoms with Gasteiger partial charge in [0, 0.05) is 0 Å². The van der Waals surface area contributed by atoms with Crippen molar-refractivity contribution in [2.24, 2.45) is 0 Å². The maximum atomic E-state index is 2.38. The van der Waals surface area contributed by atoms with Gasteiger partial charge in [-0.2, -0.15) is 0 Å². The Morgan fingerprint density at radius 1 is 0.524 bits per heavy atom. The van der Waals surface area contributed by atoms with Crippen LogP contribution in [-0.4, -0.2) is 0 Å². The molecule has 0 saturated carbocycles. The zero-order chi connectivity index (χ0) is 15.6. The highest BCUT2D eigenvalue weighted by molar-refractivity contribution is 5.65. The van der Waals surface area contributed by atoms with Crippen molar-refractivity contribution in [3.63, 3.8) is 0 Å². The van der Waals surface area contributed by atoms with Gasteiger partial charge in [-0.15, -0.1) is 0 Å². The van der Waals surface area contributed by atoms with Gasteiger partial charge in [-0.05, 0) is 45.6 Å². The Labute approximate surface area is 130 Å². The van der Waals surface area contributed by atoms with Crippen LogP contribution in [0.4, 0.5) is 0 Å². The van der Waals surface area contributed by atoms with Crippen molar-refractivity contribution in [3.05, 3.63) is 59.2 Å². The van der Waals surface area contributed by atoms with Gasteiger partial charge in [0.15, 0.2) is 0 Å². The molecule has 0 aliphatic rings. The number of hydrogen-bond donors (Lipinski definition) is 0. The third kappa shape index (κ3) is 3.56. The van der Waals surface area contributed by atoms with Crippen molar-refractivity contribution < 1.29 is 0 Å². The predicted octanol–water partition coefficient (Wildman–Crippen LogP) is 6.72. The highest BCUT2D eigenvalue weighted by Gasteiger charge is 2.11. The molecule has 0 aliphatic carbocycles. The first kappa shape index (κ1) is 15.8. The third-order valence-electron chi connectivity index (χ3n) is 4.24. The van der Waals surface area contributed by atoms with E-state index in [4.69, 9.17) is 0 Å². The van der Waals surface area contributed by atoms with E-state index < -0.39 is 0 Å². The standard InChI is InChI=1S/C21H28/c1-14(2)17-7-9-18(10-8-17)19-11-12-20(15(3)4)21(13-19)16(5)6/h7-16H,1-6H3. The van der Waals surface area contributed by atoms with Crippen LogP contribution >= 0.6 is 0 Å². The van der Waals surface area contributed by atoms with Crippen LogP contribution in [0.3, 0.4) is 0 Å². The van der Waals surface area contributed by atoms with Crippen LogP contribution in [0.1, 0.15) is 76.0 Å². The molecule has 0 radical (unpaired) electrons. The molecule has 0 aromatic heterocycles. The van der Waals surface area contributed by atoms with E-state index in [0.29, 0.717) is 17.8 Å². The average Bonchev–Trinajstić information content (AvgIpc) is 2.46. The summed E-state index contributed by atoms with van der Waals surface area (Å²) >= 11 is 0. The normalized spacial score (nSPS) is 11.7. The highest BCUT2D eigenvalue weighted by atomic mass is 14.2. The molecule has 0 N–H and O–H groups in total. The summed E-state index contributed by atoms with van der Waals surface area (Å²) in [5.41, 5.74) is 7.01. The van der Waals surface area contributed by atoms with E-state index in [9.17, 15) is 0 Å². The van der Waals surface area contributed by atoms with E-state index in [-0.39, 0.29) is 0 Å². The number of hydrogen-bond acceptors (Lipinski definition) is 0. The Balaban J connectivity index is 2.42. The molecule has 0 saturated heterocycles. The molecule has 2 rings (SSSR count). The van der Waals surface area contributed by atoms with Crippen molar-refractivity contribution in [1.29, 1.82) is 0 Å². The van der Waals surface area contributed by atoms with E-state index in [0.717, 1.165) is 0 Å². The molecule has 0 unspecified atom stereocenters. The van der Waals surface area contributed by atoms with Gasteiger partial charge in [-0.25, -0.2) is 0 Å². The van der Waals surface area contributed by atoms with Crippen LogP contribution in [-0.2, 0) is 0 Å². The smallest absolute Gasteiger partial charge is 0.0181 e. The molecule has 2 aromatic carbocycles.